The van der Waals surface area contributed by atoms with Gasteiger partial charge in [0.05, 0.1) is 25.1 Å². The molecule has 0 saturated heterocycles. The van der Waals surface area contributed by atoms with Crippen molar-refractivity contribution in [3.63, 3.8) is 0 Å². The van der Waals surface area contributed by atoms with Gasteiger partial charge in [0.15, 0.2) is 0 Å². The van der Waals surface area contributed by atoms with E-state index in [0.717, 1.165) is 16.7 Å². The van der Waals surface area contributed by atoms with E-state index in [4.69, 9.17) is 4.74 Å². The maximum atomic E-state index is 12.6. The van der Waals surface area contributed by atoms with Gasteiger partial charge in [-0.05, 0) is 59.0 Å². The van der Waals surface area contributed by atoms with Crippen LogP contribution in [-0.2, 0) is 27.9 Å². The van der Waals surface area contributed by atoms with Crippen molar-refractivity contribution in [1.82, 2.24) is 0 Å². The highest BCUT2D eigenvalue weighted by Gasteiger charge is 2.18. The summed E-state index contributed by atoms with van der Waals surface area (Å²) >= 11 is 0. The Bertz CT molecular complexity index is 1190. The molecule has 0 aromatic heterocycles. The van der Waals surface area contributed by atoms with E-state index in [1.54, 1.807) is 31.4 Å². The van der Waals surface area contributed by atoms with Crippen molar-refractivity contribution in [3.8, 4) is 0 Å². The van der Waals surface area contributed by atoms with E-state index >= 15 is 0 Å². The Morgan fingerprint density at radius 3 is 2.21 bits per heavy atom. The second-order valence-corrected chi connectivity index (χ2v) is 10.2. The fourth-order valence-electron chi connectivity index (χ4n) is 3.46. The number of nitrogens with zero attached hydrogens (tertiary/aromatic N) is 1. The third-order valence-electron chi connectivity index (χ3n) is 5.29. The fraction of sp³-hybridized carbons (Fsp3) is 0.269. The maximum Gasteiger partial charge on any atom is 0.255 e. The molecule has 3 aromatic carbocycles. The van der Waals surface area contributed by atoms with Crippen LogP contribution in [0.5, 0.6) is 0 Å². The van der Waals surface area contributed by atoms with Gasteiger partial charge >= 0.3 is 0 Å². The first kappa shape index (κ1) is 24.5. The molecule has 0 aliphatic rings. The molecule has 0 aliphatic carbocycles. The lowest BCUT2D eigenvalue weighted by molar-refractivity contribution is 0.102. The fourth-order valence-corrected chi connectivity index (χ4v) is 4.35. The Kier molecular flexibility index (Phi) is 7.89. The second-order valence-electron chi connectivity index (χ2n) is 8.30. The van der Waals surface area contributed by atoms with Crippen LogP contribution in [0.25, 0.3) is 0 Å². The molecule has 174 valence electrons. The Labute approximate surface area is 196 Å². The molecule has 0 bridgehead atoms. The molecule has 0 saturated carbocycles. The van der Waals surface area contributed by atoms with E-state index in [9.17, 15) is 13.2 Å². The highest BCUT2D eigenvalue weighted by Crippen LogP contribution is 2.24. The number of amides is 1. The van der Waals surface area contributed by atoms with Gasteiger partial charge < -0.3 is 10.1 Å². The van der Waals surface area contributed by atoms with Crippen LogP contribution in [0.3, 0.4) is 0 Å². The predicted octanol–water partition coefficient (Wildman–Crippen LogP) is 5.17. The number of benzene rings is 3. The van der Waals surface area contributed by atoms with Gasteiger partial charge in [-0.3, -0.25) is 9.10 Å². The monoisotopic (exact) mass is 466 g/mol. The molecule has 1 amide bonds. The Morgan fingerprint density at radius 2 is 1.64 bits per heavy atom. The Morgan fingerprint density at radius 1 is 0.970 bits per heavy atom. The number of hydrogen-bond donors (Lipinski definition) is 1. The number of carbonyl (C=O) groups is 1. The van der Waals surface area contributed by atoms with Gasteiger partial charge in [0.25, 0.3) is 5.91 Å². The van der Waals surface area contributed by atoms with E-state index in [1.807, 2.05) is 48.5 Å². The van der Waals surface area contributed by atoms with Gasteiger partial charge in [-0.25, -0.2) is 8.42 Å². The molecule has 7 heteroatoms. The summed E-state index contributed by atoms with van der Waals surface area (Å²) in [6, 6.07) is 22.0. The molecular formula is C26H30N2O4S. The van der Waals surface area contributed by atoms with E-state index in [-0.39, 0.29) is 12.5 Å². The Hall–Kier alpha value is -3.16. The molecule has 0 heterocycles. The van der Waals surface area contributed by atoms with Crippen LogP contribution in [0.15, 0.2) is 72.8 Å². The molecule has 0 aliphatic heterocycles. The van der Waals surface area contributed by atoms with Gasteiger partial charge in [0.1, 0.15) is 0 Å². The zero-order valence-electron chi connectivity index (χ0n) is 19.4. The highest BCUT2D eigenvalue weighted by atomic mass is 32.2. The van der Waals surface area contributed by atoms with Gasteiger partial charge in [-0.15, -0.1) is 0 Å². The van der Waals surface area contributed by atoms with E-state index < -0.39 is 10.0 Å². The first-order valence-corrected chi connectivity index (χ1v) is 12.6. The Balaban J connectivity index is 1.73. The first-order valence-electron chi connectivity index (χ1n) is 10.7. The van der Waals surface area contributed by atoms with Gasteiger partial charge in [0.2, 0.25) is 10.0 Å². The zero-order chi connectivity index (χ0) is 24.0. The predicted molar refractivity (Wildman–Crippen MR) is 133 cm³/mol. The smallest absolute Gasteiger partial charge is 0.255 e. The standard InChI is InChI=1S/C26H30N2O4S/c1-19(2)22-12-14-25(15-13-22)28(33(4,30)31)17-20-8-10-23(11-9-20)26(29)27-24-7-5-6-21(16-24)18-32-3/h5-16,19H,17-18H2,1-4H3,(H,27,29). The molecule has 1 N–H and O–H groups in total. The molecule has 6 nitrogen and oxygen atoms in total. The molecule has 33 heavy (non-hydrogen) atoms. The van der Waals surface area contributed by atoms with E-state index in [2.05, 4.69) is 19.2 Å². The summed E-state index contributed by atoms with van der Waals surface area (Å²) in [5.74, 6) is 0.132. The van der Waals surface area contributed by atoms with Crippen LogP contribution in [0.4, 0.5) is 11.4 Å². The van der Waals surface area contributed by atoms with Gasteiger partial charge in [-0.1, -0.05) is 50.2 Å². The summed E-state index contributed by atoms with van der Waals surface area (Å²) in [4.78, 5) is 12.6. The van der Waals surface area contributed by atoms with Crippen molar-refractivity contribution in [2.75, 3.05) is 23.0 Å². The minimum atomic E-state index is -3.48. The summed E-state index contributed by atoms with van der Waals surface area (Å²) in [6.45, 7) is 4.84. The van der Waals surface area contributed by atoms with Crippen LogP contribution in [0.1, 0.15) is 46.8 Å². The average molecular weight is 467 g/mol. The van der Waals surface area contributed by atoms with Gasteiger partial charge in [0, 0.05) is 18.4 Å². The van der Waals surface area contributed by atoms with E-state index in [0.29, 0.717) is 29.5 Å². The lowest BCUT2D eigenvalue weighted by Gasteiger charge is -2.23. The van der Waals surface area contributed by atoms with Crippen molar-refractivity contribution >= 4 is 27.3 Å². The maximum absolute atomic E-state index is 12.6. The lowest BCUT2D eigenvalue weighted by atomic mass is 10.0. The quantitative estimate of drug-likeness (QED) is 0.472. The summed E-state index contributed by atoms with van der Waals surface area (Å²) in [5, 5.41) is 2.88. The number of rotatable bonds is 9. The summed E-state index contributed by atoms with van der Waals surface area (Å²) in [6.07, 6.45) is 1.20. The molecule has 0 unspecified atom stereocenters. The first-order chi connectivity index (χ1) is 15.7. The molecular weight excluding hydrogens is 436 g/mol. The molecule has 0 fully saturated rings. The van der Waals surface area contributed by atoms with Crippen LogP contribution in [-0.4, -0.2) is 27.7 Å². The number of nitrogens with one attached hydrogen (secondary N) is 1. The van der Waals surface area contributed by atoms with Crippen LogP contribution < -0.4 is 9.62 Å². The van der Waals surface area contributed by atoms with Crippen molar-refractivity contribution in [1.29, 1.82) is 0 Å². The molecule has 3 rings (SSSR count). The number of hydrogen-bond acceptors (Lipinski definition) is 4. The van der Waals surface area contributed by atoms with Crippen molar-refractivity contribution in [2.45, 2.75) is 32.9 Å². The summed E-state index contributed by atoms with van der Waals surface area (Å²) in [7, 11) is -1.86. The number of anilines is 2. The number of sulfonamides is 1. The minimum absolute atomic E-state index is 0.181. The number of carbonyl (C=O) groups excluding carboxylic acids is 1. The van der Waals surface area contributed by atoms with Crippen LogP contribution in [0, 0.1) is 0 Å². The molecule has 0 atom stereocenters. The highest BCUT2D eigenvalue weighted by molar-refractivity contribution is 7.92. The molecule has 3 aromatic rings. The van der Waals surface area contributed by atoms with Crippen molar-refractivity contribution in [3.05, 3.63) is 95.1 Å². The average Bonchev–Trinajstić information content (AvgIpc) is 2.77. The zero-order valence-corrected chi connectivity index (χ0v) is 20.2. The SMILES string of the molecule is COCc1cccc(NC(=O)c2ccc(CN(c3ccc(C(C)C)cc3)S(C)(=O)=O)cc2)c1. The largest absolute Gasteiger partial charge is 0.380 e. The second kappa shape index (κ2) is 10.6. The normalized spacial score (nSPS) is 11.4. The van der Waals surface area contributed by atoms with E-state index in [1.165, 1.54) is 10.6 Å². The van der Waals surface area contributed by atoms with Crippen molar-refractivity contribution in [2.24, 2.45) is 0 Å². The van der Waals surface area contributed by atoms with Crippen LogP contribution in [0.2, 0.25) is 0 Å². The van der Waals surface area contributed by atoms with Crippen LogP contribution >= 0.6 is 0 Å². The number of ether oxygens (including phenoxy) is 1. The minimum Gasteiger partial charge on any atom is -0.380 e. The topological polar surface area (TPSA) is 75.7 Å². The molecule has 0 radical (unpaired) electrons. The van der Waals surface area contributed by atoms with Crippen molar-refractivity contribution < 1.29 is 17.9 Å². The lowest BCUT2D eigenvalue weighted by Crippen LogP contribution is -2.29. The molecule has 0 spiro atoms. The summed E-state index contributed by atoms with van der Waals surface area (Å²) < 4.78 is 31.4. The number of methoxy groups -OCH3 is 1. The van der Waals surface area contributed by atoms with Gasteiger partial charge in [-0.2, -0.15) is 0 Å². The third kappa shape index (κ3) is 6.66. The summed E-state index contributed by atoms with van der Waals surface area (Å²) in [5.41, 5.74) is 4.68. The third-order valence-corrected chi connectivity index (χ3v) is 6.43.